The maximum atomic E-state index is 13.2. The number of hydrogen-bond donors (Lipinski definition) is 5. The molecule has 0 aliphatic carbocycles. The number of aromatic nitrogens is 12. The number of allylic oxidation sites excluding steroid dienone is 6. The Morgan fingerprint density at radius 3 is 0.904 bits per heavy atom. The van der Waals surface area contributed by atoms with Crippen LogP contribution in [0.2, 0.25) is 0 Å². The van der Waals surface area contributed by atoms with Gasteiger partial charge in [0.15, 0.2) is 17.3 Å². The quantitative estimate of drug-likeness (QED) is 0.0328. The summed E-state index contributed by atoms with van der Waals surface area (Å²) >= 11 is 0. The summed E-state index contributed by atoms with van der Waals surface area (Å²) in [4.78, 5) is 78.2. The molecule has 0 unspecified atom stereocenters. The Kier molecular flexibility index (Phi) is 53.7. The van der Waals surface area contributed by atoms with E-state index in [1.54, 1.807) is 85.2 Å². The van der Waals surface area contributed by atoms with Crippen molar-refractivity contribution in [2.24, 2.45) is 28.2 Å². The van der Waals surface area contributed by atoms with E-state index in [0.29, 0.717) is 11.4 Å². The molecule has 5 radical (unpaired) electrons. The minimum atomic E-state index is -0.990. The Bertz CT molecular complexity index is 4730. The molecule has 7 heterocycles. The molecule has 0 spiro atoms. The first kappa shape index (κ1) is 105. The zero-order valence-electron chi connectivity index (χ0n) is 62.8. The third-order valence-corrected chi connectivity index (χ3v) is 12.8. The molecule has 22 nitrogen and oxygen atoms in total. The minimum Gasteiger partial charge on any atom is -0.512 e. The molecule has 0 fully saturated rings. The third kappa shape index (κ3) is 43.9. The Labute approximate surface area is 726 Å². The van der Waals surface area contributed by atoms with Crippen LogP contribution in [0.25, 0.3) is 56.3 Å². The molecule has 0 aliphatic rings. The third-order valence-electron chi connectivity index (χ3n) is 12.8. The first-order valence-corrected chi connectivity index (χ1v) is 32.5. The Hall–Kier alpha value is -10.8. The Morgan fingerprint density at radius 1 is 0.368 bits per heavy atom. The number of pyridine rings is 2. The zero-order valence-corrected chi connectivity index (χ0v) is 74.8. The van der Waals surface area contributed by atoms with Crippen molar-refractivity contribution in [3.05, 3.63) is 345 Å². The number of carbonyl (C=O) groups excluding carboxylic acids is 3. The van der Waals surface area contributed by atoms with Crippen LogP contribution in [0.3, 0.4) is 0 Å². The number of nitrogens with zero attached hydrogens (tertiary/aromatic N) is 12. The molecule has 0 saturated carbocycles. The first-order valence-electron chi connectivity index (χ1n) is 32.5. The fourth-order valence-electron chi connectivity index (χ4n) is 8.37. The van der Waals surface area contributed by atoms with Gasteiger partial charge in [0, 0.05) is 218 Å². The first-order chi connectivity index (χ1) is 52.0. The molecule has 0 aliphatic heterocycles. The summed E-state index contributed by atoms with van der Waals surface area (Å²) in [6.45, 7) is 9.39. The van der Waals surface area contributed by atoms with Crippen molar-refractivity contribution in [2.75, 3.05) is 0 Å². The van der Waals surface area contributed by atoms with Gasteiger partial charge in [-0.3, -0.25) is 56.9 Å². The summed E-state index contributed by atoms with van der Waals surface area (Å²) in [6, 6.07) is 61.7. The van der Waals surface area contributed by atoms with Crippen molar-refractivity contribution >= 4 is 29.3 Å². The normalized spacial score (nSPS) is 9.86. The van der Waals surface area contributed by atoms with Crippen LogP contribution in [0.5, 0.6) is 0 Å². The standard InChI is InChI=1S/C16H13N2.2C10H7F2N2.2C10H9N2.2C6H5NO2.3C5H8O2.5Ir/c1-3-7-14(8-4-1)11-18-12-16(17-13-18)15-9-5-2-6-10-15;2*1-14-5-10(13-6-14)8-3-2-7(11)4-9(8)12;2*1-12-7-10(11-8-12)9-5-3-2-4-6-9;2*8-6(9)5-3-1-2-4-7-5;3*1-4(6)3-5(2)7;;;;;/h1-9,12-13H,11H2;2*2,4-6H,1H3;2*2-5,7-8H,1H3;2*1-4H,(H,8,9);3*3,6H,1-2H3;;;;;/q5*-1;;;;;;;;;;. The van der Waals surface area contributed by atoms with Crippen LogP contribution in [0.4, 0.5) is 17.6 Å². The smallest absolute Gasteiger partial charge is 0.354 e. The fraction of sp³-hybridized carbons (Fsp3) is 0.133. The molecule has 0 atom stereocenters. The van der Waals surface area contributed by atoms with Gasteiger partial charge in [0.1, 0.15) is 11.4 Å². The van der Waals surface area contributed by atoms with E-state index in [1.807, 2.05) is 121 Å². The SMILES string of the molecule is CC(=O)C=C(C)O.CC(=O)C=C(C)O.CC(=O)C=C(C)O.Cn1cnc(-c2[c-]cc(F)cc2F)c1.Cn1cnc(-c2[c-]cc(F)cc2F)c1.Cn1cnc(-c2[c-]cccc2)c1.Cn1cnc(-c2[c-]cccc2)c1.O=C(O)c1ccccn1.O=C(O)c1ccccn1.[Ir].[Ir].[Ir].[Ir].[Ir].[c-]1ccccc1-c1cn(Cc2ccccc2)cn1. The Balaban J connectivity index is 0. The topological polar surface area (TPSA) is 301 Å². The zero-order chi connectivity index (χ0) is 80.2. The van der Waals surface area contributed by atoms with Gasteiger partial charge in [-0.15, -0.1) is 132 Å². The summed E-state index contributed by atoms with van der Waals surface area (Å²) in [7, 11) is 7.47. The number of halogens is 4. The predicted octanol–water partition coefficient (Wildman–Crippen LogP) is 16.2. The van der Waals surface area contributed by atoms with E-state index in [9.17, 15) is 41.5 Å². The van der Waals surface area contributed by atoms with Gasteiger partial charge in [-0.2, -0.15) is 0 Å². The average molecular weight is 2440 g/mol. The van der Waals surface area contributed by atoms with E-state index >= 15 is 0 Å². The van der Waals surface area contributed by atoms with Gasteiger partial charge in [-0.25, -0.2) is 19.6 Å². The van der Waals surface area contributed by atoms with Gasteiger partial charge in [-0.1, -0.05) is 65.7 Å². The molecular formula is C83H79F4Ir5N12O10-5. The molecular weight excluding hydrogens is 2360 g/mol. The van der Waals surface area contributed by atoms with Gasteiger partial charge >= 0.3 is 11.9 Å². The number of carboxylic acid groups (broad SMARTS) is 2. The number of rotatable bonds is 12. The van der Waals surface area contributed by atoms with Crippen molar-refractivity contribution in [2.45, 2.75) is 48.1 Å². The number of imidazole rings is 5. The number of carboxylic acids is 2. The van der Waals surface area contributed by atoms with E-state index in [4.69, 9.17) is 25.5 Å². The van der Waals surface area contributed by atoms with Gasteiger partial charge in [0.25, 0.3) is 0 Å². The average Bonchev–Trinajstić information content (AvgIpc) is 1.62. The number of carbonyl (C=O) groups is 5. The van der Waals surface area contributed by atoms with Gasteiger partial charge in [-0.05, 0) is 102 Å². The second kappa shape index (κ2) is 58.1. The molecule has 5 N–H and O–H groups in total. The fourth-order valence-corrected chi connectivity index (χ4v) is 8.37. The van der Waals surface area contributed by atoms with Crippen LogP contribution in [0.1, 0.15) is 68.1 Å². The Morgan fingerprint density at radius 2 is 0.667 bits per heavy atom. The van der Waals surface area contributed by atoms with Crippen molar-refractivity contribution in [1.29, 1.82) is 0 Å². The summed E-state index contributed by atoms with van der Waals surface area (Å²) in [6.07, 6.45) is 24.2. The second-order valence-electron chi connectivity index (χ2n) is 22.8. The summed E-state index contributed by atoms with van der Waals surface area (Å²) in [5.74, 6) is -4.74. The molecule has 0 saturated heterocycles. The summed E-state index contributed by atoms with van der Waals surface area (Å²) in [5.41, 5.74) is 8.73. The predicted molar refractivity (Wildman–Crippen MR) is 405 cm³/mol. The number of aliphatic hydroxyl groups excluding tert-OH is 3. The molecule has 13 rings (SSSR count). The number of hydrogen-bond acceptors (Lipinski definition) is 15. The van der Waals surface area contributed by atoms with E-state index < -0.39 is 35.2 Å². The number of ketones is 3. The van der Waals surface area contributed by atoms with Crippen molar-refractivity contribution in [3.63, 3.8) is 0 Å². The van der Waals surface area contributed by atoms with Gasteiger partial charge < -0.3 is 48.4 Å². The number of aromatic carboxylic acids is 2. The largest absolute Gasteiger partial charge is 0.512 e. The summed E-state index contributed by atoms with van der Waals surface area (Å²) < 4.78 is 60.9. The maximum absolute atomic E-state index is 13.2. The number of benzene rings is 6. The van der Waals surface area contributed by atoms with E-state index in [0.717, 1.165) is 64.6 Å². The molecule has 114 heavy (non-hydrogen) atoms. The maximum Gasteiger partial charge on any atom is 0.354 e. The van der Waals surface area contributed by atoms with Gasteiger partial charge in [0.2, 0.25) is 0 Å². The molecule has 6 aromatic carbocycles. The molecule has 7 aromatic heterocycles. The van der Waals surface area contributed by atoms with Crippen LogP contribution in [0.15, 0.2) is 274 Å². The van der Waals surface area contributed by atoms with Crippen molar-refractivity contribution in [3.8, 4) is 56.3 Å². The molecule has 0 bridgehead atoms. The van der Waals surface area contributed by atoms with Crippen LogP contribution in [-0.2, 0) is 150 Å². The van der Waals surface area contributed by atoms with Crippen LogP contribution < -0.4 is 0 Å². The van der Waals surface area contributed by atoms with Crippen LogP contribution in [0, 0.1) is 53.6 Å². The molecule has 0 amide bonds. The summed E-state index contributed by atoms with van der Waals surface area (Å²) in [5, 5.41) is 41.7. The van der Waals surface area contributed by atoms with E-state index in [-0.39, 0.29) is 158 Å². The second-order valence-corrected chi connectivity index (χ2v) is 22.8. The van der Waals surface area contributed by atoms with Crippen LogP contribution >= 0.6 is 0 Å². The minimum absolute atomic E-state index is 0. The van der Waals surface area contributed by atoms with Crippen LogP contribution in [-0.4, -0.2) is 113 Å². The monoisotopic (exact) mass is 2440 g/mol. The number of aryl methyl sites for hydroxylation is 4. The van der Waals surface area contributed by atoms with Crippen molar-refractivity contribution < 1.29 is 168 Å². The van der Waals surface area contributed by atoms with E-state index in [1.165, 1.54) is 89.9 Å². The van der Waals surface area contributed by atoms with Crippen molar-refractivity contribution in [1.82, 2.24) is 57.7 Å². The molecule has 13 aromatic rings. The molecule has 609 valence electrons. The van der Waals surface area contributed by atoms with E-state index in [2.05, 4.69) is 100 Å². The van der Waals surface area contributed by atoms with Gasteiger partial charge in [0.05, 0.1) is 48.9 Å². The molecule has 31 heteroatoms. The number of aliphatic hydroxyl groups is 3.